The molecule has 0 rings (SSSR count). The lowest BCUT2D eigenvalue weighted by atomic mass is 10.1. The summed E-state index contributed by atoms with van der Waals surface area (Å²) >= 11 is 1.54. The van der Waals surface area contributed by atoms with Crippen LogP contribution in [0.15, 0.2) is 12.7 Å². The Morgan fingerprint density at radius 3 is 2.22 bits per heavy atom. The molecule has 0 aliphatic carbocycles. The SMILES string of the molecule is C=CC(=O)C(C)(C)SC. The maximum absolute atomic E-state index is 10.9. The van der Waals surface area contributed by atoms with Crippen molar-refractivity contribution in [3.05, 3.63) is 12.7 Å². The van der Waals surface area contributed by atoms with Crippen molar-refractivity contribution in [1.82, 2.24) is 0 Å². The van der Waals surface area contributed by atoms with Crippen LogP contribution in [0.1, 0.15) is 13.8 Å². The third-order valence-corrected chi connectivity index (χ3v) is 2.51. The highest BCUT2D eigenvalue weighted by molar-refractivity contribution is 8.00. The van der Waals surface area contributed by atoms with E-state index in [4.69, 9.17) is 0 Å². The summed E-state index contributed by atoms with van der Waals surface area (Å²) < 4.78 is -0.290. The minimum atomic E-state index is -0.290. The molecule has 0 saturated carbocycles. The van der Waals surface area contributed by atoms with E-state index in [0.29, 0.717) is 0 Å². The zero-order valence-corrected chi connectivity index (χ0v) is 6.92. The quantitative estimate of drug-likeness (QED) is 0.563. The predicted octanol–water partition coefficient (Wildman–Crippen LogP) is 1.88. The van der Waals surface area contributed by atoms with Gasteiger partial charge < -0.3 is 0 Å². The topological polar surface area (TPSA) is 17.1 Å². The summed E-state index contributed by atoms with van der Waals surface area (Å²) in [5.41, 5.74) is 0. The number of allylic oxidation sites excluding steroid dienone is 1. The highest BCUT2D eigenvalue weighted by Crippen LogP contribution is 2.22. The normalized spacial score (nSPS) is 11.0. The molecule has 2 heteroatoms. The number of hydrogen-bond acceptors (Lipinski definition) is 2. The zero-order chi connectivity index (χ0) is 7.49. The van der Waals surface area contributed by atoms with Crippen LogP contribution < -0.4 is 0 Å². The second kappa shape index (κ2) is 3.06. The molecule has 1 nitrogen and oxygen atoms in total. The minimum absolute atomic E-state index is 0.0926. The van der Waals surface area contributed by atoms with Crippen LogP contribution >= 0.6 is 11.8 Å². The molecule has 0 fully saturated rings. The summed E-state index contributed by atoms with van der Waals surface area (Å²) in [6, 6.07) is 0. The first-order valence-electron chi connectivity index (χ1n) is 2.76. The number of ketones is 1. The van der Waals surface area contributed by atoms with E-state index in [9.17, 15) is 4.79 Å². The second-order valence-electron chi connectivity index (χ2n) is 2.28. The number of rotatable bonds is 3. The van der Waals surface area contributed by atoms with Crippen molar-refractivity contribution in [3.8, 4) is 0 Å². The molecule has 0 aliphatic rings. The summed E-state index contributed by atoms with van der Waals surface area (Å²) in [6.07, 6.45) is 3.29. The maximum atomic E-state index is 10.9. The standard InChI is InChI=1S/C7H12OS/c1-5-6(8)7(2,3)9-4/h5H,1H2,2-4H3. The Kier molecular flexibility index (Phi) is 2.98. The fourth-order valence-electron chi connectivity index (χ4n) is 0.346. The van der Waals surface area contributed by atoms with Gasteiger partial charge in [-0.25, -0.2) is 0 Å². The third-order valence-electron chi connectivity index (χ3n) is 1.29. The van der Waals surface area contributed by atoms with Crippen molar-refractivity contribution < 1.29 is 4.79 Å². The van der Waals surface area contributed by atoms with Crippen LogP contribution in [0.5, 0.6) is 0 Å². The van der Waals surface area contributed by atoms with E-state index in [0.717, 1.165) is 0 Å². The molecule has 0 aromatic rings. The summed E-state index contributed by atoms with van der Waals surface area (Å²) in [6.45, 7) is 7.19. The van der Waals surface area contributed by atoms with Gasteiger partial charge >= 0.3 is 0 Å². The van der Waals surface area contributed by atoms with Crippen molar-refractivity contribution in [2.45, 2.75) is 18.6 Å². The average molecular weight is 144 g/mol. The van der Waals surface area contributed by atoms with Crippen LogP contribution in [-0.4, -0.2) is 16.8 Å². The Bertz CT molecular complexity index is 127. The monoisotopic (exact) mass is 144 g/mol. The maximum Gasteiger partial charge on any atom is 0.170 e. The van der Waals surface area contributed by atoms with E-state index < -0.39 is 0 Å². The van der Waals surface area contributed by atoms with Crippen LogP contribution in [0.2, 0.25) is 0 Å². The van der Waals surface area contributed by atoms with Crippen LogP contribution in [0.4, 0.5) is 0 Å². The molecule has 0 N–H and O–H groups in total. The smallest absolute Gasteiger partial charge is 0.170 e. The molecule has 0 amide bonds. The van der Waals surface area contributed by atoms with Gasteiger partial charge in [0.2, 0.25) is 0 Å². The Morgan fingerprint density at radius 1 is 1.67 bits per heavy atom. The third kappa shape index (κ3) is 2.22. The van der Waals surface area contributed by atoms with Crippen molar-refractivity contribution in [2.24, 2.45) is 0 Å². The van der Waals surface area contributed by atoms with Crippen LogP contribution in [0, 0.1) is 0 Å². The summed E-state index contributed by atoms with van der Waals surface area (Å²) in [5, 5.41) is 0. The molecule has 0 bridgehead atoms. The molecule has 0 saturated heterocycles. The molecule has 0 atom stereocenters. The molecule has 9 heavy (non-hydrogen) atoms. The summed E-state index contributed by atoms with van der Waals surface area (Å²) in [4.78, 5) is 10.9. The van der Waals surface area contributed by atoms with Gasteiger partial charge in [-0.3, -0.25) is 4.79 Å². The average Bonchev–Trinajstić information content (AvgIpc) is 1.86. The van der Waals surface area contributed by atoms with Crippen LogP contribution in [0.3, 0.4) is 0 Å². The molecule has 0 unspecified atom stereocenters. The molecule has 0 aliphatic heterocycles. The highest BCUT2D eigenvalue weighted by atomic mass is 32.2. The number of hydrogen-bond donors (Lipinski definition) is 0. The van der Waals surface area contributed by atoms with E-state index in [-0.39, 0.29) is 10.5 Å². The van der Waals surface area contributed by atoms with Gasteiger partial charge in [0, 0.05) is 0 Å². The van der Waals surface area contributed by atoms with Gasteiger partial charge in [0.25, 0.3) is 0 Å². The van der Waals surface area contributed by atoms with Crippen molar-refractivity contribution in [3.63, 3.8) is 0 Å². The van der Waals surface area contributed by atoms with Gasteiger partial charge in [-0.2, -0.15) is 11.8 Å². The van der Waals surface area contributed by atoms with E-state index >= 15 is 0 Å². The molecule has 0 radical (unpaired) electrons. The van der Waals surface area contributed by atoms with Crippen LogP contribution in [0.25, 0.3) is 0 Å². The first kappa shape index (κ1) is 8.76. The van der Waals surface area contributed by atoms with Gasteiger partial charge in [0.15, 0.2) is 5.78 Å². The van der Waals surface area contributed by atoms with Gasteiger partial charge in [0.1, 0.15) is 0 Å². The molecule has 0 heterocycles. The van der Waals surface area contributed by atoms with Crippen molar-refractivity contribution in [2.75, 3.05) is 6.26 Å². The molecule has 52 valence electrons. The fraction of sp³-hybridized carbons (Fsp3) is 0.571. The lowest BCUT2D eigenvalue weighted by Crippen LogP contribution is -2.24. The number of carbonyl (C=O) groups is 1. The van der Waals surface area contributed by atoms with Gasteiger partial charge in [-0.15, -0.1) is 0 Å². The van der Waals surface area contributed by atoms with Gasteiger partial charge in [-0.05, 0) is 26.2 Å². The Balaban J connectivity index is 4.13. The largest absolute Gasteiger partial charge is 0.293 e. The van der Waals surface area contributed by atoms with Gasteiger partial charge in [-0.1, -0.05) is 6.58 Å². The first-order valence-corrected chi connectivity index (χ1v) is 3.99. The molecular formula is C7H12OS. The first-order chi connectivity index (χ1) is 4.04. The predicted molar refractivity (Wildman–Crippen MR) is 42.8 cm³/mol. The van der Waals surface area contributed by atoms with E-state index in [1.54, 1.807) is 0 Å². The molecule has 0 spiro atoms. The highest BCUT2D eigenvalue weighted by Gasteiger charge is 2.22. The molecular weight excluding hydrogens is 132 g/mol. The second-order valence-corrected chi connectivity index (χ2v) is 3.71. The van der Waals surface area contributed by atoms with E-state index in [2.05, 4.69) is 6.58 Å². The minimum Gasteiger partial charge on any atom is -0.293 e. The number of carbonyl (C=O) groups excluding carboxylic acids is 1. The van der Waals surface area contributed by atoms with Crippen molar-refractivity contribution >= 4 is 17.5 Å². The van der Waals surface area contributed by atoms with Crippen molar-refractivity contribution in [1.29, 1.82) is 0 Å². The molecule has 0 aromatic carbocycles. The lowest BCUT2D eigenvalue weighted by Gasteiger charge is -2.16. The van der Waals surface area contributed by atoms with Gasteiger partial charge in [0.05, 0.1) is 4.75 Å². The Labute approximate surface area is 60.5 Å². The molecule has 0 aromatic heterocycles. The van der Waals surface area contributed by atoms with E-state index in [1.807, 2.05) is 20.1 Å². The summed E-state index contributed by atoms with van der Waals surface area (Å²) in [7, 11) is 0. The fourth-order valence-corrected chi connectivity index (χ4v) is 0.631. The Hall–Kier alpha value is -0.240. The number of thioether (sulfide) groups is 1. The van der Waals surface area contributed by atoms with E-state index in [1.165, 1.54) is 17.8 Å². The summed E-state index contributed by atoms with van der Waals surface area (Å²) in [5.74, 6) is 0.0926. The lowest BCUT2D eigenvalue weighted by molar-refractivity contribution is -0.116. The Morgan fingerprint density at radius 2 is 2.11 bits per heavy atom. The van der Waals surface area contributed by atoms with Crippen LogP contribution in [-0.2, 0) is 4.79 Å². The zero-order valence-electron chi connectivity index (χ0n) is 6.10.